The van der Waals surface area contributed by atoms with Crippen molar-refractivity contribution in [3.63, 3.8) is 0 Å². The van der Waals surface area contributed by atoms with E-state index in [9.17, 15) is 0 Å². The van der Waals surface area contributed by atoms with Gasteiger partial charge in [0.25, 0.3) is 0 Å². The molecule has 3 heteroatoms. The van der Waals surface area contributed by atoms with Crippen LogP contribution < -0.4 is 5.32 Å². The second kappa shape index (κ2) is 6.08. The molecule has 1 atom stereocenters. The Balaban J connectivity index is 1.59. The second-order valence-corrected chi connectivity index (χ2v) is 6.41. The van der Waals surface area contributed by atoms with E-state index in [1.807, 2.05) is 6.33 Å². The summed E-state index contributed by atoms with van der Waals surface area (Å²) >= 11 is 0. The van der Waals surface area contributed by atoms with Gasteiger partial charge in [-0.15, -0.1) is 0 Å². The van der Waals surface area contributed by atoms with Crippen molar-refractivity contribution in [3.05, 3.63) is 18.2 Å². The number of hydrogen-bond acceptors (Lipinski definition) is 2. The van der Waals surface area contributed by atoms with Gasteiger partial charge in [-0.3, -0.25) is 0 Å². The largest absolute Gasteiger partial charge is 0.333 e. The van der Waals surface area contributed by atoms with Gasteiger partial charge in [0.1, 0.15) is 0 Å². The number of imidazole rings is 1. The number of nitrogens with one attached hydrogen (secondary N) is 1. The van der Waals surface area contributed by atoms with Crippen molar-refractivity contribution in [1.29, 1.82) is 0 Å². The fourth-order valence-corrected chi connectivity index (χ4v) is 3.81. The predicted molar refractivity (Wildman–Crippen MR) is 77.9 cm³/mol. The lowest BCUT2D eigenvalue weighted by atomic mass is 9.81. The van der Waals surface area contributed by atoms with Gasteiger partial charge in [-0.2, -0.15) is 0 Å². The molecule has 1 N–H and O–H groups in total. The summed E-state index contributed by atoms with van der Waals surface area (Å²) in [6.07, 6.45) is 13.8. The van der Waals surface area contributed by atoms with Gasteiger partial charge in [0.2, 0.25) is 0 Å². The van der Waals surface area contributed by atoms with Gasteiger partial charge in [-0.1, -0.05) is 26.2 Å². The SMILES string of the molecule is CCC1CCC(Cn2cncc2[C@@H]2CCCN2)CC1. The fourth-order valence-electron chi connectivity index (χ4n) is 3.81. The van der Waals surface area contributed by atoms with Gasteiger partial charge in [-0.05, 0) is 44.1 Å². The van der Waals surface area contributed by atoms with Crippen molar-refractivity contribution in [2.75, 3.05) is 6.54 Å². The Hall–Kier alpha value is -0.830. The molecule has 1 aliphatic carbocycles. The smallest absolute Gasteiger partial charge is 0.0948 e. The molecule has 0 radical (unpaired) electrons. The molecule has 106 valence electrons. The highest BCUT2D eigenvalue weighted by Gasteiger charge is 2.23. The zero-order chi connectivity index (χ0) is 13.1. The molecule has 0 spiro atoms. The number of hydrogen-bond donors (Lipinski definition) is 1. The first-order valence-electron chi connectivity index (χ1n) is 8.10. The van der Waals surface area contributed by atoms with E-state index in [4.69, 9.17) is 0 Å². The molecule has 2 heterocycles. The zero-order valence-electron chi connectivity index (χ0n) is 12.1. The summed E-state index contributed by atoms with van der Waals surface area (Å²) in [6, 6.07) is 0.550. The zero-order valence-corrected chi connectivity index (χ0v) is 12.1. The van der Waals surface area contributed by atoms with Crippen LogP contribution in [0.3, 0.4) is 0 Å². The Labute approximate surface area is 116 Å². The maximum atomic E-state index is 4.39. The van der Waals surface area contributed by atoms with Gasteiger partial charge in [0, 0.05) is 18.8 Å². The van der Waals surface area contributed by atoms with Crippen molar-refractivity contribution < 1.29 is 0 Å². The van der Waals surface area contributed by atoms with E-state index in [1.54, 1.807) is 0 Å². The van der Waals surface area contributed by atoms with Crippen LogP contribution in [-0.2, 0) is 6.54 Å². The highest BCUT2D eigenvalue weighted by atomic mass is 15.1. The average Bonchev–Trinajstić information content (AvgIpc) is 3.10. The third-order valence-corrected chi connectivity index (χ3v) is 5.16. The minimum atomic E-state index is 0.550. The summed E-state index contributed by atoms with van der Waals surface area (Å²) in [7, 11) is 0. The van der Waals surface area contributed by atoms with Gasteiger partial charge in [-0.25, -0.2) is 4.98 Å². The van der Waals surface area contributed by atoms with Crippen molar-refractivity contribution in [2.45, 2.75) is 64.5 Å². The average molecular weight is 261 g/mol. The van der Waals surface area contributed by atoms with Crippen molar-refractivity contribution in [2.24, 2.45) is 11.8 Å². The summed E-state index contributed by atoms with van der Waals surface area (Å²) in [5.74, 6) is 1.87. The fraction of sp³-hybridized carbons (Fsp3) is 0.812. The van der Waals surface area contributed by atoms with Crippen LogP contribution >= 0.6 is 0 Å². The highest BCUT2D eigenvalue weighted by Crippen LogP contribution is 2.32. The molecule has 2 aliphatic rings. The van der Waals surface area contributed by atoms with Gasteiger partial charge < -0.3 is 9.88 Å². The minimum absolute atomic E-state index is 0.550. The molecule has 19 heavy (non-hydrogen) atoms. The monoisotopic (exact) mass is 261 g/mol. The van der Waals surface area contributed by atoms with Crippen molar-refractivity contribution in [1.82, 2.24) is 14.9 Å². The summed E-state index contributed by atoms with van der Waals surface area (Å²) in [4.78, 5) is 4.39. The Morgan fingerprint density at radius 1 is 1.21 bits per heavy atom. The van der Waals surface area contributed by atoms with Crippen LogP contribution in [0.5, 0.6) is 0 Å². The molecule has 0 amide bonds. The Bertz CT molecular complexity index is 384. The van der Waals surface area contributed by atoms with E-state index < -0.39 is 0 Å². The first-order valence-corrected chi connectivity index (χ1v) is 8.10. The van der Waals surface area contributed by atoms with E-state index in [-0.39, 0.29) is 0 Å². The molecule has 2 fully saturated rings. The lowest BCUT2D eigenvalue weighted by molar-refractivity contribution is 0.245. The van der Waals surface area contributed by atoms with Crippen LogP contribution in [0.25, 0.3) is 0 Å². The molecule has 1 saturated heterocycles. The molecular formula is C16H27N3. The maximum absolute atomic E-state index is 4.39. The van der Waals surface area contributed by atoms with Gasteiger partial charge >= 0.3 is 0 Å². The molecule has 3 rings (SSSR count). The summed E-state index contributed by atoms with van der Waals surface area (Å²) < 4.78 is 2.42. The van der Waals surface area contributed by atoms with E-state index >= 15 is 0 Å². The van der Waals surface area contributed by atoms with E-state index in [0.29, 0.717) is 6.04 Å². The maximum Gasteiger partial charge on any atom is 0.0948 e. The molecule has 1 aliphatic heterocycles. The lowest BCUT2D eigenvalue weighted by Gasteiger charge is -2.28. The topological polar surface area (TPSA) is 29.9 Å². The highest BCUT2D eigenvalue weighted by molar-refractivity contribution is 5.07. The minimum Gasteiger partial charge on any atom is -0.333 e. The van der Waals surface area contributed by atoms with Crippen LogP contribution in [0.1, 0.15) is 63.6 Å². The van der Waals surface area contributed by atoms with Crippen LogP contribution in [0.2, 0.25) is 0 Å². The van der Waals surface area contributed by atoms with Crippen molar-refractivity contribution >= 4 is 0 Å². The molecule has 1 aromatic rings. The molecule has 0 aromatic carbocycles. The van der Waals surface area contributed by atoms with E-state index in [0.717, 1.165) is 18.4 Å². The van der Waals surface area contributed by atoms with Crippen LogP contribution in [0.4, 0.5) is 0 Å². The van der Waals surface area contributed by atoms with E-state index in [1.165, 1.54) is 57.2 Å². The second-order valence-electron chi connectivity index (χ2n) is 6.41. The molecule has 1 aromatic heterocycles. The molecular weight excluding hydrogens is 234 g/mol. The standard InChI is InChI=1S/C16H27N3/c1-2-13-5-7-14(8-6-13)11-19-12-17-10-16(19)15-4-3-9-18-15/h10,12-15,18H,2-9,11H2,1H3/t13?,14?,15-/m0/s1. The van der Waals surface area contributed by atoms with Crippen LogP contribution in [0.15, 0.2) is 12.5 Å². The lowest BCUT2D eigenvalue weighted by Crippen LogP contribution is -2.22. The summed E-state index contributed by atoms with van der Waals surface area (Å²) in [6.45, 7) is 4.69. The Morgan fingerprint density at radius 2 is 2.00 bits per heavy atom. The van der Waals surface area contributed by atoms with Gasteiger partial charge in [0.15, 0.2) is 0 Å². The first kappa shape index (κ1) is 13.2. The normalized spacial score (nSPS) is 31.7. The summed E-state index contributed by atoms with van der Waals surface area (Å²) in [5, 5.41) is 3.59. The predicted octanol–water partition coefficient (Wildman–Crippen LogP) is 3.52. The quantitative estimate of drug-likeness (QED) is 0.898. The molecule has 3 nitrogen and oxygen atoms in total. The number of aromatic nitrogens is 2. The summed E-state index contributed by atoms with van der Waals surface area (Å²) in [5.41, 5.74) is 1.41. The van der Waals surface area contributed by atoms with Crippen LogP contribution in [-0.4, -0.2) is 16.1 Å². The molecule has 1 saturated carbocycles. The Kier molecular flexibility index (Phi) is 4.21. The van der Waals surface area contributed by atoms with E-state index in [2.05, 4.69) is 28.0 Å². The third-order valence-electron chi connectivity index (χ3n) is 5.16. The number of nitrogens with zero attached hydrogens (tertiary/aromatic N) is 2. The molecule has 0 bridgehead atoms. The van der Waals surface area contributed by atoms with Crippen molar-refractivity contribution in [3.8, 4) is 0 Å². The van der Waals surface area contributed by atoms with Gasteiger partial charge in [0.05, 0.1) is 12.0 Å². The first-order chi connectivity index (χ1) is 9.36. The third kappa shape index (κ3) is 3.02. The Morgan fingerprint density at radius 3 is 2.68 bits per heavy atom. The van der Waals surface area contributed by atoms with Crippen LogP contribution in [0, 0.1) is 11.8 Å². The molecule has 0 unspecified atom stereocenters. The number of rotatable bonds is 4.